The normalized spacial score (nSPS) is 15.7. The molecule has 0 radical (unpaired) electrons. The minimum atomic E-state index is -0.940. The zero-order chi connectivity index (χ0) is 11.9. The molecule has 0 N–H and O–H groups in total. The molecule has 1 aliphatic rings. The van der Waals surface area contributed by atoms with E-state index in [0.717, 1.165) is 18.2 Å². The van der Waals surface area contributed by atoms with Gasteiger partial charge in [-0.1, -0.05) is 0 Å². The van der Waals surface area contributed by atoms with E-state index in [1.807, 2.05) is 0 Å². The SMILES string of the molecule is CC1=CC(=O)N(c2ccc(F)cc2F)C1=O. The van der Waals surface area contributed by atoms with E-state index in [1.54, 1.807) is 0 Å². The van der Waals surface area contributed by atoms with Crippen LogP contribution in [-0.4, -0.2) is 11.8 Å². The summed E-state index contributed by atoms with van der Waals surface area (Å²) in [5.41, 5.74) is -0.00164. The molecule has 1 aromatic carbocycles. The van der Waals surface area contributed by atoms with Gasteiger partial charge >= 0.3 is 0 Å². The summed E-state index contributed by atoms with van der Waals surface area (Å²) in [5, 5.41) is 0. The molecule has 0 aliphatic carbocycles. The number of hydrogen-bond acceptors (Lipinski definition) is 2. The number of carbonyl (C=O) groups excluding carboxylic acids is 2. The van der Waals surface area contributed by atoms with Gasteiger partial charge in [0.1, 0.15) is 11.6 Å². The maximum Gasteiger partial charge on any atom is 0.261 e. The Balaban J connectivity index is 2.47. The number of nitrogens with zero attached hydrogens (tertiary/aromatic N) is 1. The molecular formula is C11H7F2NO2. The Morgan fingerprint density at radius 1 is 1.19 bits per heavy atom. The van der Waals surface area contributed by atoms with Crippen molar-refractivity contribution in [2.45, 2.75) is 6.92 Å². The summed E-state index contributed by atoms with van der Waals surface area (Å²) in [5.74, 6) is -2.90. The molecule has 1 aliphatic heterocycles. The second-order valence-electron chi connectivity index (χ2n) is 3.40. The Bertz CT molecular complexity index is 523. The van der Waals surface area contributed by atoms with Gasteiger partial charge in [-0.2, -0.15) is 0 Å². The molecule has 82 valence electrons. The maximum atomic E-state index is 13.4. The summed E-state index contributed by atoms with van der Waals surface area (Å²) in [6, 6.07) is 2.68. The summed E-state index contributed by atoms with van der Waals surface area (Å²) in [7, 11) is 0. The van der Waals surface area contributed by atoms with E-state index in [4.69, 9.17) is 0 Å². The van der Waals surface area contributed by atoms with E-state index in [9.17, 15) is 18.4 Å². The third kappa shape index (κ3) is 1.50. The maximum absolute atomic E-state index is 13.4. The first-order valence-corrected chi connectivity index (χ1v) is 4.52. The van der Waals surface area contributed by atoms with E-state index >= 15 is 0 Å². The van der Waals surface area contributed by atoms with Crippen molar-refractivity contribution >= 4 is 17.5 Å². The number of amides is 2. The summed E-state index contributed by atoms with van der Waals surface area (Å²) in [6.45, 7) is 1.46. The van der Waals surface area contributed by atoms with E-state index in [1.165, 1.54) is 6.92 Å². The van der Waals surface area contributed by atoms with Crippen LogP contribution in [0.3, 0.4) is 0 Å². The molecule has 0 saturated heterocycles. The van der Waals surface area contributed by atoms with Gasteiger partial charge in [-0.3, -0.25) is 9.59 Å². The Kier molecular flexibility index (Phi) is 2.30. The van der Waals surface area contributed by atoms with Crippen molar-refractivity contribution in [1.29, 1.82) is 0 Å². The van der Waals surface area contributed by atoms with Gasteiger partial charge < -0.3 is 0 Å². The van der Waals surface area contributed by atoms with Crippen LogP contribution < -0.4 is 4.90 Å². The van der Waals surface area contributed by atoms with Crippen LogP contribution in [0.2, 0.25) is 0 Å². The fraction of sp³-hybridized carbons (Fsp3) is 0.0909. The molecule has 3 nitrogen and oxygen atoms in total. The number of halogens is 2. The summed E-state index contributed by atoms with van der Waals surface area (Å²) in [4.78, 5) is 23.6. The first-order chi connectivity index (χ1) is 7.50. The van der Waals surface area contributed by atoms with Crippen LogP contribution in [0.5, 0.6) is 0 Å². The first kappa shape index (κ1) is 10.5. The average molecular weight is 223 g/mol. The van der Waals surface area contributed by atoms with Crippen molar-refractivity contribution < 1.29 is 18.4 Å². The lowest BCUT2D eigenvalue weighted by molar-refractivity contribution is -0.120. The molecule has 0 unspecified atom stereocenters. The molecule has 0 atom stereocenters. The second kappa shape index (κ2) is 3.52. The Hall–Kier alpha value is -2.04. The lowest BCUT2D eigenvalue weighted by Crippen LogP contribution is -2.31. The van der Waals surface area contributed by atoms with Crippen LogP contribution in [0.25, 0.3) is 0 Å². The Labute approximate surface area is 90.0 Å². The highest BCUT2D eigenvalue weighted by atomic mass is 19.1. The van der Waals surface area contributed by atoms with E-state index in [2.05, 4.69) is 0 Å². The number of benzene rings is 1. The standard InChI is InChI=1S/C11H7F2NO2/c1-6-4-10(15)14(11(6)16)9-3-2-7(12)5-8(9)13/h2-5H,1H3. The topological polar surface area (TPSA) is 37.4 Å². The quantitative estimate of drug-likeness (QED) is 0.680. The lowest BCUT2D eigenvalue weighted by atomic mass is 10.2. The highest BCUT2D eigenvalue weighted by Gasteiger charge is 2.31. The lowest BCUT2D eigenvalue weighted by Gasteiger charge is -2.14. The highest BCUT2D eigenvalue weighted by molar-refractivity contribution is 6.30. The number of hydrogen-bond donors (Lipinski definition) is 0. The minimum absolute atomic E-state index is 0.230. The number of rotatable bonds is 1. The molecule has 0 fully saturated rings. The van der Waals surface area contributed by atoms with Crippen molar-refractivity contribution in [3.8, 4) is 0 Å². The minimum Gasteiger partial charge on any atom is -0.269 e. The predicted molar refractivity (Wildman–Crippen MR) is 52.6 cm³/mol. The van der Waals surface area contributed by atoms with Crippen molar-refractivity contribution in [1.82, 2.24) is 0 Å². The van der Waals surface area contributed by atoms with Crippen LogP contribution in [0.15, 0.2) is 29.8 Å². The molecule has 1 heterocycles. The van der Waals surface area contributed by atoms with Crippen molar-refractivity contribution in [3.63, 3.8) is 0 Å². The molecule has 0 aromatic heterocycles. The van der Waals surface area contributed by atoms with E-state index < -0.39 is 23.4 Å². The van der Waals surface area contributed by atoms with Gasteiger partial charge in [0.2, 0.25) is 0 Å². The molecule has 0 spiro atoms. The fourth-order valence-corrected chi connectivity index (χ4v) is 1.48. The predicted octanol–water partition coefficient (Wildman–Crippen LogP) is 1.78. The van der Waals surface area contributed by atoms with E-state index in [0.29, 0.717) is 11.0 Å². The van der Waals surface area contributed by atoms with Gasteiger partial charge in [0.15, 0.2) is 0 Å². The summed E-state index contributed by atoms with van der Waals surface area (Å²) >= 11 is 0. The zero-order valence-corrected chi connectivity index (χ0v) is 8.33. The van der Waals surface area contributed by atoms with Crippen LogP contribution in [-0.2, 0) is 9.59 Å². The zero-order valence-electron chi connectivity index (χ0n) is 8.33. The van der Waals surface area contributed by atoms with Crippen molar-refractivity contribution in [3.05, 3.63) is 41.5 Å². The molecule has 5 heteroatoms. The molecule has 0 saturated carbocycles. The summed E-state index contributed by atoms with van der Waals surface area (Å²) in [6.07, 6.45) is 1.12. The number of carbonyl (C=O) groups is 2. The molecular weight excluding hydrogens is 216 g/mol. The third-order valence-corrected chi connectivity index (χ3v) is 2.25. The van der Waals surface area contributed by atoms with Crippen molar-refractivity contribution in [2.24, 2.45) is 0 Å². The fourth-order valence-electron chi connectivity index (χ4n) is 1.48. The monoisotopic (exact) mass is 223 g/mol. The molecule has 1 aromatic rings. The van der Waals surface area contributed by atoms with E-state index in [-0.39, 0.29) is 11.3 Å². The van der Waals surface area contributed by atoms with Gasteiger partial charge in [-0.05, 0) is 19.1 Å². The molecule has 2 amide bonds. The van der Waals surface area contributed by atoms with Gasteiger partial charge in [0.05, 0.1) is 5.69 Å². The number of imide groups is 1. The smallest absolute Gasteiger partial charge is 0.261 e. The molecule has 2 rings (SSSR count). The second-order valence-corrected chi connectivity index (χ2v) is 3.40. The summed E-state index contributed by atoms with van der Waals surface area (Å²) < 4.78 is 26.0. The van der Waals surface area contributed by atoms with Crippen LogP contribution in [0.1, 0.15) is 6.92 Å². The molecule has 0 bridgehead atoms. The van der Waals surface area contributed by atoms with Gasteiger partial charge in [0, 0.05) is 17.7 Å². The average Bonchev–Trinajstić information content (AvgIpc) is 2.43. The van der Waals surface area contributed by atoms with Gasteiger partial charge in [-0.15, -0.1) is 0 Å². The Morgan fingerprint density at radius 3 is 2.38 bits per heavy atom. The Morgan fingerprint density at radius 2 is 1.88 bits per heavy atom. The van der Waals surface area contributed by atoms with Crippen molar-refractivity contribution in [2.75, 3.05) is 4.90 Å². The first-order valence-electron chi connectivity index (χ1n) is 4.52. The van der Waals surface area contributed by atoms with Crippen LogP contribution in [0.4, 0.5) is 14.5 Å². The largest absolute Gasteiger partial charge is 0.269 e. The number of anilines is 1. The van der Waals surface area contributed by atoms with Gasteiger partial charge in [-0.25, -0.2) is 13.7 Å². The molecule has 16 heavy (non-hydrogen) atoms. The highest BCUT2D eigenvalue weighted by Crippen LogP contribution is 2.25. The van der Waals surface area contributed by atoms with Crippen LogP contribution >= 0.6 is 0 Å². The third-order valence-electron chi connectivity index (χ3n) is 2.25. The van der Waals surface area contributed by atoms with Crippen LogP contribution in [0, 0.1) is 11.6 Å². The van der Waals surface area contributed by atoms with Gasteiger partial charge in [0.25, 0.3) is 11.8 Å².